The summed E-state index contributed by atoms with van der Waals surface area (Å²) >= 11 is 7.12. The molecule has 2 heterocycles. The van der Waals surface area contributed by atoms with E-state index in [-0.39, 0.29) is 0 Å². The summed E-state index contributed by atoms with van der Waals surface area (Å²) in [6, 6.07) is 13.7. The molecule has 0 aliphatic carbocycles. The van der Waals surface area contributed by atoms with Gasteiger partial charge >= 0.3 is 0 Å². The zero-order valence-corrected chi connectivity index (χ0v) is 12.6. The van der Waals surface area contributed by atoms with E-state index >= 15 is 0 Å². The predicted octanol–water partition coefficient (Wildman–Crippen LogP) is 4.37. The van der Waals surface area contributed by atoms with Crippen LogP contribution in [0.25, 0.3) is 17.3 Å². The summed E-state index contributed by atoms with van der Waals surface area (Å²) in [7, 11) is 0. The monoisotopic (exact) mass is 317 g/mol. The second-order valence-corrected chi connectivity index (χ2v) is 5.37. The molecule has 21 heavy (non-hydrogen) atoms. The van der Waals surface area contributed by atoms with Crippen molar-refractivity contribution < 1.29 is 4.42 Å². The number of para-hydroxylation sites is 1. The number of hydrogen-bond acceptors (Lipinski definition) is 4. The minimum absolute atomic E-state index is 0.684. The van der Waals surface area contributed by atoms with Crippen molar-refractivity contribution in [2.45, 2.75) is 5.16 Å². The van der Waals surface area contributed by atoms with Gasteiger partial charge < -0.3 is 4.42 Å². The molecular formula is C15H12ClN3OS. The summed E-state index contributed by atoms with van der Waals surface area (Å²) in [6.07, 6.45) is 3.49. The van der Waals surface area contributed by atoms with Gasteiger partial charge in [0, 0.05) is 17.0 Å². The van der Waals surface area contributed by atoms with E-state index in [2.05, 4.69) is 10.2 Å². The highest BCUT2D eigenvalue weighted by Gasteiger charge is 2.17. The van der Waals surface area contributed by atoms with Gasteiger partial charge in [-0.25, -0.2) is 0 Å². The first-order chi connectivity index (χ1) is 10.4. The maximum absolute atomic E-state index is 5.56. The topological polar surface area (TPSA) is 43.9 Å². The van der Waals surface area contributed by atoms with Crippen LogP contribution in [0.5, 0.6) is 0 Å². The number of benzene rings is 1. The first kappa shape index (κ1) is 14.0. The fourth-order valence-corrected chi connectivity index (χ4v) is 2.85. The highest BCUT2D eigenvalue weighted by atomic mass is 35.5. The van der Waals surface area contributed by atoms with E-state index in [1.807, 2.05) is 53.1 Å². The highest BCUT2D eigenvalue weighted by molar-refractivity contribution is 7.99. The van der Waals surface area contributed by atoms with Crippen LogP contribution in [0.4, 0.5) is 0 Å². The van der Waals surface area contributed by atoms with E-state index in [9.17, 15) is 0 Å². The molecule has 1 aromatic carbocycles. The molecule has 0 aliphatic rings. The van der Waals surface area contributed by atoms with Crippen LogP contribution in [-0.2, 0) is 0 Å². The van der Waals surface area contributed by atoms with E-state index in [1.54, 1.807) is 18.0 Å². The third-order valence-corrected chi connectivity index (χ3v) is 3.85. The molecule has 106 valence electrons. The minimum Gasteiger partial charge on any atom is -0.461 e. The van der Waals surface area contributed by atoms with Crippen LogP contribution in [0.2, 0.25) is 0 Å². The molecule has 0 N–H and O–H groups in total. The molecule has 0 radical (unpaired) electrons. The van der Waals surface area contributed by atoms with Crippen molar-refractivity contribution in [1.82, 2.24) is 14.8 Å². The zero-order valence-electron chi connectivity index (χ0n) is 11.0. The Labute approximate surface area is 131 Å². The van der Waals surface area contributed by atoms with Crippen LogP contribution < -0.4 is 0 Å². The Morgan fingerprint density at radius 3 is 2.71 bits per heavy atom. The van der Waals surface area contributed by atoms with Gasteiger partial charge in [-0.2, -0.15) is 0 Å². The molecule has 0 bridgehead atoms. The molecule has 0 saturated heterocycles. The number of hydrogen-bond donors (Lipinski definition) is 0. The number of furan rings is 1. The Morgan fingerprint density at radius 2 is 2.00 bits per heavy atom. The number of rotatable bonds is 5. The lowest BCUT2D eigenvalue weighted by Crippen LogP contribution is -1.98. The molecule has 3 rings (SSSR count). The van der Waals surface area contributed by atoms with Crippen LogP contribution >= 0.6 is 23.4 Å². The summed E-state index contributed by atoms with van der Waals surface area (Å²) in [6.45, 7) is 0. The maximum atomic E-state index is 5.56. The van der Waals surface area contributed by atoms with Crippen molar-refractivity contribution in [1.29, 1.82) is 0 Å². The number of halogens is 1. The van der Waals surface area contributed by atoms with E-state index in [0.29, 0.717) is 11.6 Å². The molecule has 0 unspecified atom stereocenters. The average Bonchev–Trinajstić information content (AvgIpc) is 3.17. The third-order valence-electron chi connectivity index (χ3n) is 2.79. The fourth-order valence-electron chi connectivity index (χ4n) is 1.90. The van der Waals surface area contributed by atoms with Gasteiger partial charge in [0.05, 0.1) is 6.26 Å². The smallest absolute Gasteiger partial charge is 0.205 e. The van der Waals surface area contributed by atoms with Crippen LogP contribution in [-0.4, -0.2) is 20.5 Å². The Bertz CT molecular complexity index is 723. The summed E-state index contributed by atoms with van der Waals surface area (Å²) in [5, 5.41) is 9.31. The van der Waals surface area contributed by atoms with Crippen molar-refractivity contribution in [2.24, 2.45) is 0 Å². The molecule has 6 heteroatoms. The van der Waals surface area contributed by atoms with Crippen LogP contribution in [0.3, 0.4) is 0 Å². The van der Waals surface area contributed by atoms with Gasteiger partial charge in [-0.15, -0.1) is 10.2 Å². The first-order valence-electron chi connectivity index (χ1n) is 6.33. The quantitative estimate of drug-likeness (QED) is 0.655. The van der Waals surface area contributed by atoms with Gasteiger partial charge in [-0.3, -0.25) is 4.57 Å². The van der Waals surface area contributed by atoms with Gasteiger partial charge in [0.25, 0.3) is 0 Å². The summed E-state index contributed by atoms with van der Waals surface area (Å²) < 4.78 is 7.43. The van der Waals surface area contributed by atoms with Crippen molar-refractivity contribution in [3.8, 4) is 17.3 Å². The Balaban J connectivity index is 2.06. The Kier molecular flexibility index (Phi) is 4.43. The van der Waals surface area contributed by atoms with Gasteiger partial charge in [-0.1, -0.05) is 47.6 Å². The molecule has 0 atom stereocenters. The van der Waals surface area contributed by atoms with Gasteiger partial charge in [0.15, 0.2) is 10.9 Å². The van der Waals surface area contributed by atoms with Gasteiger partial charge in [0.1, 0.15) is 0 Å². The summed E-state index contributed by atoms with van der Waals surface area (Å²) in [5.41, 5.74) is 2.50. The highest BCUT2D eigenvalue weighted by Crippen LogP contribution is 2.28. The molecule has 0 spiro atoms. The normalized spacial score (nSPS) is 11.3. The number of thioether (sulfide) groups is 1. The molecule has 0 saturated carbocycles. The molecule has 3 aromatic rings. The van der Waals surface area contributed by atoms with Crippen LogP contribution in [0.15, 0.2) is 69.9 Å². The molecule has 0 amide bonds. The Morgan fingerprint density at radius 1 is 1.14 bits per heavy atom. The minimum atomic E-state index is 0.684. The van der Waals surface area contributed by atoms with Crippen LogP contribution in [0, 0.1) is 0 Å². The average molecular weight is 318 g/mol. The largest absolute Gasteiger partial charge is 0.461 e. The maximum Gasteiger partial charge on any atom is 0.205 e. The van der Waals surface area contributed by atoms with Gasteiger partial charge in [-0.05, 0) is 24.3 Å². The predicted molar refractivity (Wildman–Crippen MR) is 84.8 cm³/mol. The SMILES string of the molecule is Cl/C=C/CSc1nnc(-c2ccco2)n1-c1ccccc1. The van der Waals surface area contributed by atoms with E-state index in [4.69, 9.17) is 16.0 Å². The first-order valence-corrected chi connectivity index (χ1v) is 7.75. The van der Waals surface area contributed by atoms with Crippen molar-refractivity contribution in [2.75, 3.05) is 5.75 Å². The van der Waals surface area contributed by atoms with Crippen molar-refractivity contribution in [3.63, 3.8) is 0 Å². The second-order valence-electron chi connectivity index (χ2n) is 4.13. The van der Waals surface area contributed by atoms with Crippen LogP contribution in [0.1, 0.15) is 0 Å². The van der Waals surface area contributed by atoms with Crippen molar-refractivity contribution >= 4 is 23.4 Å². The lowest BCUT2D eigenvalue weighted by Gasteiger charge is -2.08. The lowest BCUT2D eigenvalue weighted by atomic mass is 10.3. The lowest BCUT2D eigenvalue weighted by molar-refractivity contribution is 0.575. The van der Waals surface area contributed by atoms with E-state index < -0.39 is 0 Å². The summed E-state index contributed by atoms with van der Waals surface area (Å²) in [4.78, 5) is 0. The number of aromatic nitrogens is 3. The molecule has 2 aromatic heterocycles. The Hall–Kier alpha value is -1.98. The standard InChI is InChI=1S/C15H12ClN3OS/c16-9-5-11-21-15-18-17-14(13-8-4-10-20-13)19(15)12-6-2-1-3-7-12/h1-10H,11H2/b9-5+. The molecule has 4 nitrogen and oxygen atoms in total. The molecule has 0 aliphatic heterocycles. The molecule has 0 fully saturated rings. The summed E-state index contributed by atoms with van der Waals surface area (Å²) in [5.74, 6) is 2.10. The molecular weight excluding hydrogens is 306 g/mol. The fraction of sp³-hybridized carbons (Fsp3) is 0.0667. The van der Waals surface area contributed by atoms with Gasteiger partial charge in [0.2, 0.25) is 5.82 Å². The third kappa shape index (κ3) is 3.04. The second kappa shape index (κ2) is 6.65. The van der Waals surface area contributed by atoms with E-state index in [0.717, 1.165) is 16.6 Å². The van der Waals surface area contributed by atoms with Crippen molar-refractivity contribution in [3.05, 3.63) is 60.3 Å². The number of nitrogens with zero attached hydrogens (tertiary/aromatic N) is 3. The zero-order chi connectivity index (χ0) is 14.5. The van der Waals surface area contributed by atoms with E-state index in [1.165, 1.54) is 5.54 Å².